The van der Waals surface area contributed by atoms with Crippen molar-refractivity contribution in [2.75, 3.05) is 27.6 Å². The Bertz CT molecular complexity index is 988. The summed E-state index contributed by atoms with van der Waals surface area (Å²) in [4.78, 5) is 14.4. The summed E-state index contributed by atoms with van der Waals surface area (Å²) in [6.07, 6.45) is 0.437. The van der Waals surface area contributed by atoms with E-state index in [4.69, 9.17) is 23.7 Å². The Morgan fingerprint density at radius 2 is 1.90 bits per heavy atom. The van der Waals surface area contributed by atoms with Crippen molar-refractivity contribution in [3.05, 3.63) is 46.5 Å². The van der Waals surface area contributed by atoms with Crippen molar-refractivity contribution < 1.29 is 28.5 Å². The number of fused-ring (bicyclic) bond motifs is 5. The van der Waals surface area contributed by atoms with Crippen LogP contribution in [0.3, 0.4) is 0 Å². The van der Waals surface area contributed by atoms with Gasteiger partial charge >= 0.3 is 5.97 Å². The van der Waals surface area contributed by atoms with Gasteiger partial charge in [0.25, 0.3) is 0 Å². The molecule has 2 atom stereocenters. The molecule has 3 heterocycles. The predicted octanol–water partition coefficient (Wildman–Crippen LogP) is 3.15. The number of hydrogen-bond donors (Lipinski definition) is 0. The highest BCUT2D eigenvalue weighted by Crippen LogP contribution is 2.52. The molecule has 152 valence electrons. The third kappa shape index (κ3) is 2.80. The van der Waals surface area contributed by atoms with E-state index in [2.05, 4.69) is 11.0 Å². The number of benzene rings is 2. The zero-order chi connectivity index (χ0) is 20.1. The largest absolute Gasteiger partial charge is 0.493 e. The summed E-state index contributed by atoms with van der Waals surface area (Å²) in [6, 6.07) is 7.85. The third-order valence-corrected chi connectivity index (χ3v) is 5.95. The molecule has 0 unspecified atom stereocenters. The van der Waals surface area contributed by atoms with Crippen molar-refractivity contribution >= 4 is 5.97 Å². The van der Waals surface area contributed by atoms with Crippen LogP contribution < -0.4 is 18.9 Å². The van der Waals surface area contributed by atoms with Gasteiger partial charge in [-0.15, -0.1) is 0 Å². The van der Waals surface area contributed by atoms with Gasteiger partial charge < -0.3 is 23.7 Å². The molecule has 0 aromatic heterocycles. The van der Waals surface area contributed by atoms with Gasteiger partial charge in [0.15, 0.2) is 23.0 Å². The molecule has 29 heavy (non-hydrogen) atoms. The second-order valence-electron chi connectivity index (χ2n) is 7.47. The maximum Gasteiger partial charge on any atom is 0.303 e. The van der Waals surface area contributed by atoms with Crippen molar-refractivity contribution in [1.29, 1.82) is 0 Å². The fraction of sp³-hybridized carbons (Fsp3) is 0.409. The minimum Gasteiger partial charge on any atom is -0.493 e. The average Bonchev–Trinajstić information content (AvgIpc) is 3.17. The third-order valence-electron chi connectivity index (χ3n) is 5.95. The summed E-state index contributed by atoms with van der Waals surface area (Å²) in [5.74, 6) is 2.57. The quantitative estimate of drug-likeness (QED) is 0.737. The van der Waals surface area contributed by atoms with E-state index in [9.17, 15) is 4.79 Å². The smallest absolute Gasteiger partial charge is 0.303 e. The number of carbonyl (C=O) groups excluding carboxylic acids is 1. The number of nitrogens with zero attached hydrogens (tertiary/aromatic N) is 1. The molecule has 0 spiro atoms. The number of hydrogen-bond acceptors (Lipinski definition) is 7. The molecule has 0 saturated carbocycles. The van der Waals surface area contributed by atoms with E-state index in [0.29, 0.717) is 18.0 Å². The lowest BCUT2D eigenvalue weighted by molar-refractivity contribution is -0.152. The molecule has 2 aromatic carbocycles. The van der Waals surface area contributed by atoms with Gasteiger partial charge in [0.2, 0.25) is 6.79 Å². The molecule has 0 radical (unpaired) electrons. The van der Waals surface area contributed by atoms with Gasteiger partial charge in [0, 0.05) is 31.1 Å². The molecule has 5 rings (SSSR count). The van der Waals surface area contributed by atoms with E-state index in [1.165, 1.54) is 12.5 Å². The van der Waals surface area contributed by atoms with Gasteiger partial charge in [-0.1, -0.05) is 6.07 Å². The van der Waals surface area contributed by atoms with Crippen LogP contribution in [-0.2, 0) is 22.5 Å². The van der Waals surface area contributed by atoms with Gasteiger partial charge in [-0.2, -0.15) is 0 Å². The molecule has 0 bridgehead atoms. The van der Waals surface area contributed by atoms with Gasteiger partial charge in [-0.25, -0.2) is 0 Å². The monoisotopic (exact) mass is 397 g/mol. The molecule has 0 aliphatic carbocycles. The average molecular weight is 397 g/mol. The fourth-order valence-corrected chi connectivity index (χ4v) is 4.74. The summed E-state index contributed by atoms with van der Waals surface area (Å²) >= 11 is 0. The molecule has 0 fully saturated rings. The SMILES string of the molecule is COc1ccc2c(c1OC)CN1CCc3cc4c(cc3[C@H]1[C@@H]2OC(C)=O)OCO4. The maximum atomic E-state index is 12.0. The van der Waals surface area contributed by atoms with Gasteiger partial charge in [-0.05, 0) is 35.7 Å². The van der Waals surface area contributed by atoms with Crippen LogP contribution >= 0.6 is 0 Å². The molecule has 0 saturated heterocycles. The van der Waals surface area contributed by atoms with Crippen LogP contribution in [0.2, 0.25) is 0 Å². The van der Waals surface area contributed by atoms with Gasteiger partial charge in [-0.3, -0.25) is 9.69 Å². The highest BCUT2D eigenvalue weighted by Gasteiger charge is 2.43. The Balaban J connectivity index is 1.67. The number of methoxy groups -OCH3 is 2. The molecule has 7 heteroatoms. The first-order valence-corrected chi connectivity index (χ1v) is 9.68. The van der Waals surface area contributed by atoms with E-state index in [1.54, 1.807) is 14.2 Å². The van der Waals surface area contributed by atoms with Crippen LogP contribution in [0.25, 0.3) is 0 Å². The van der Waals surface area contributed by atoms with E-state index < -0.39 is 6.10 Å². The summed E-state index contributed by atoms with van der Waals surface area (Å²) in [7, 11) is 3.26. The Morgan fingerprint density at radius 1 is 1.10 bits per heavy atom. The van der Waals surface area contributed by atoms with Crippen LogP contribution in [0.1, 0.15) is 41.3 Å². The number of rotatable bonds is 3. The Labute approximate surface area is 169 Å². The summed E-state index contributed by atoms with van der Waals surface area (Å²) in [5, 5.41) is 0. The first-order chi connectivity index (χ1) is 14.1. The van der Waals surface area contributed by atoms with Crippen LogP contribution in [0.15, 0.2) is 24.3 Å². The lowest BCUT2D eigenvalue weighted by Gasteiger charge is -2.45. The standard InChI is InChI=1S/C22H23NO6/c1-12(24)29-22-14-4-5-17(25-2)21(26-3)16(14)10-23-7-6-13-8-18-19(28-11-27-18)9-15(13)20(22)23/h4-5,8-9,20,22H,6-7,10-11H2,1-3H3/t20-,22+/m0/s1. The molecule has 0 amide bonds. The second kappa shape index (κ2) is 6.84. The normalized spacial score (nSPS) is 21.6. The second-order valence-corrected chi connectivity index (χ2v) is 7.47. The zero-order valence-electron chi connectivity index (χ0n) is 16.7. The Hall–Kier alpha value is -2.93. The van der Waals surface area contributed by atoms with E-state index in [-0.39, 0.29) is 18.8 Å². The van der Waals surface area contributed by atoms with Crippen molar-refractivity contribution in [2.45, 2.75) is 32.0 Å². The molecular formula is C22H23NO6. The van der Waals surface area contributed by atoms with Crippen LogP contribution in [0.5, 0.6) is 23.0 Å². The Kier molecular flexibility index (Phi) is 4.28. The molecule has 3 aliphatic heterocycles. The number of ether oxygens (including phenoxy) is 5. The van der Waals surface area contributed by atoms with E-state index >= 15 is 0 Å². The molecule has 0 N–H and O–H groups in total. The topological polar surface area (TPSA) is 66.5 Å². The Morgan fingerprint density at radius 3 is 2.62 bits per heavy atom. The lowest BCUT2D eigenvalue weighted by atomic mass is 9.81. The highest BCUT2D eigenvalue weighted by atomic mass is 16.7. The van der Waals surface area contributed by atoms with E-state index in [0.717, 1.165) is 41.2 Å². The number of esters is 1. The fourth-order valence-electron chi connectivity index (χ4n) is 4.74. The first-order valence-electron chi connectivity index (χ1n) is 9.68. The highest BCUT2D eigenvalue weighted by molar-refractivity contribution is 5.67. The number of carbonyl (C=O) groups is 1. The molecule has 7 nitrogen and oxygen atoms in total. The minimum atomic E-state index is -0.449. The van der Waals surface area contributed by atoms with Crippen LogP contribution in [-0.4, -0.2) is 38.4 Å². The predicted molar refractivity (Wildman–Crippen MR) is 103 cm³/mol. The zero-order valence-corrected chi connectivity index (χ0v) is 16.7. The summed E-state index contributed by atoms with van der Waals surface area (Å²) < 4.78 is 28.2. The lowest BCUT2D eigenvalue weighted by Crippen LogP contribution is -2.43. The minimum absolute atomic E-state index is 0.0947. The summed E-state index contributed by atoms with van der Waals surface area (Å²) in [6.45, 7) is 3.21. The van der Waals surface area contributed by atoms with Crippen molar-refractivity contribution in [3.8, 4) is 23.0 Å². The van der Waals surface area contributed by atoms with Crippen LogP contribution in [0, 0.1) is 0 Å². The molecular weight excluding hydrogens is 374 g/mol. The van der Waals surface area contributed by atoms with Crippen LogP contribution in [0.4, 0.5) is 0 Å². The van der Waals surface area contributed by atoms with Crippen molar-refractivity contribution in [2.24, 2.45) is 0 Å². The van der Waals surface area contributed by atoms with Gasteiger partial charge in [0.05, 0.1) is 20.3 Å². The van der Waals surface area contributed by atoms with Crippen molar-refractivity contribution in [1.82, 2.24) is 4.90 Å². The van der Waals surface area contributed by atoms with E-state index in [1.807, 2.05) is 18.2 Å². The van der Waals surface area contributed by atoms with Gasteiger partial charge in [0.1, 0.15) is 6.10 Å². The molecule has 2 aromatic rings. The molecule has 3 aliphatic rings. The maximum absolute atomic E-state index is 12.0. The first kappa shape index (κ1) is 18.1. The summed E-state index contributed by atoms with van der Waals surface area (Å²) in [5.41, 5.74) is 4.27. The van der Waals surface area contributed by atoms with Crippen molar-refractivity contribution in [3.63, 3.8) is 0 Å².